The number of halogens is 3. The van der Waals surface area contributed by atoms with E-state index in [4.69, 9.17) is 4.42 Å². The lowest BCUT2D eigenvalue weighted by atomic mass is 10.3. The average Bonchev–Trinajstić information content (AvgIpc) is 2.56. The summed E-state index contributed by atoms with van der Waals surface area (Å²) in [6.07, 6.45) is 0. The zero-order chi connectivity index (χ0) is 11.5. The fourth-order valence-electron chi connectivity index (χ4n) is 1.27. The third-order valence-electron chi connectivity index (χ3n) is 1.99. The van der Waals surface area contributed by atoms with Crippen LogP contribution < -0.4 is 5.32 Å². The van der Waals surface area contributed by atoms with Crippen LogP contribution in [0.3, 0.4) is 0 Å². The number of rotatable bonds is 3. The molecule has 1 aromatic heterocycles. The van der Waals surface area contributed by atoms with Crippen molar-refractivity contribution >= 4 is 53.5 Å². The minimum absolute atomic E-state index is 0.653. The summed E-state index contributed by atoms with van der Waals surface area (Å²) in [6.45, 7) is 0.653. The van der Waals surface area contributed by atoms with Crippen molar-refractivity contribution in [3.05, 3.63) is 49.7 Å². The minimum Gasteiger partial charge on any atom is -0.451 e. The maximum atomic E-state index is 5.46. The van der Waals surface area contributed by atoms with Gasteiger partial charge in [-0.25, -0.2) is 0 Å². The molecular weight excluding hydrogens is 402 g/mol. The number of benzene rings is 1. The van der Waals surface area contributed by atoms with Crippen molar-refractivity contribution in [1.29, 1.82) is 0 Å². The van der Waals surface area contributed by atoms with E-state index in [9.17, 15) is 0 Å². The molecule has 1 N–H and O–H groups in total. The van der Waals surface area contributed by atoms with Crippen molar-refractivity contribution in [3.63, 3.8) is 0 Å². The van der Waals surface area contributed by atoms with E-state index in [0.717, 1.165) is 25.1 Å². The van der Waals surface area contributed by atoms with Crippen molar-refractivity contribution < 1.29 is 4.42 Å². The summed E-state index contributed by atoms with van der Waals surface area (Å²) in [7, 11) is 0. The summed E-state index contributed by atoms with van der Waals surface area (Å²) in [4.78, 5) is 0. The first kappa shape index (κ1) is 12.2. The van der Waals surface area contributed by atoms with Gasteiger partial charge in [0, 0.05) is 10.2 Å². The molecule has 0 spiro atoms. The zero-order valence-corrected chi connectivity index (χ0v) is 12.9. The Morgan fingerprint density at radius 3 is 2.56 bits per heavy atom. The van der Waals surface area contributed by atoms with Crippen LogP contribution in [0.1, 0.15) is 5.76 Å². The summed E-state index contributed by atoms with van der Waals surface area (Å²) >= 11 is 10.1. The second-order valence-electron chi connectivity index (χ2n) is 3.20. The summed E-state index contributed by atoms with van der Waals surface area (Å²) in [6, 6.07) is 9.95. The van der Waals surface area contributed by atoms with Gasteiger partial charge in [0.1, 0.15) is 5.76 Å². The number of hydrogen-bond donors (Lipinski definition) is 1. The number of hydrogen-bond acceptors (Lipinski definition) is 2. The van der Waals surface area contributed by atoms with Crippen molar-refractivity contribution in [2.45, 2.75) is 6.54 Å². The number of anilines is 1. The minimum atomic E-state index is 0.653. The Labute approximate surface area is 119 Å². The van der Waals surface area contributed by atoms with E-state index in [2.05, 4.69) is 53.1 Å². The van der Waals surface area contributed by atoms with Gasteiger partial charge < -0.3 is 9.73 Å². The van der Waals surface area contributed by atoms with Gasteiger partial charge in [-0.3, -0.25) is 0 Å². The SMILES string of the molecule is Brc1cccc(NCc2cc(Br)c(Br)o2)c1. The Kier molecular flexibility index (Phi) is 4.10. The van der Waals surface area contributed by atoms with E-state index >= 15 is 0 Å². The van der Waals surface area contributed by atoms with Gasteiger partial charge in [-0.15, -0.1) is 0 Å². The highest BCUT2D eigenvalue weighted by molar-refractivity contribution is 9.13. The quantitative estimate of drug-likeness (QED) is 0.755. The summed E-state index contributed by atoms with van der Waals surface area (Å²) < 4.78 is 8.17. The lowest BCUT2D eigenvalue weighted by Gasteiger charge is -2.04. The van der Waals surface area contributed by atoms with Gasteiger partial charge in [0.15, 0.2) is 4.67 Å². The van der Waals surface area contributed by atoms with Crippen LogP contribution in [-0.2, 0) is 6.54 Å². The number of nitrogens with one attached hydrogen (secondary N) is 1. The molecule has 0 aliphatic carbocycles. The lowest BCUT2D eigenvalue weighted by Crippen LogP contribution is -1.97. The van der Waals surface area contributed by atoms with Gasteiger partial charge in [0.25, 0.3) is 0 Å². The van der Waals surface area contributed by atoms with Gasteiger partial charge in [0.05, 0.1) is 11.0 Å². The van der Waals surface area contributed by atoms with Gasteiger partial charge in [-0.1, -0.05) is 22.0 Å². The van der Waals surface area contributed by atoms with Crippen LogP contribution in [0.25, 0.3) is 0 Å². The van der Waals surface area contributed by atoms with E-state index in [1.54, 1.807) is 0 Å². The smallest absolute Gasteiger partial charge is 0.183 e. The van der Waals surface area contributed by atoms with Crippen molar-refractivity contribution in [1.82, 2.24) is 0 Å². The van der Waals surface area contributed by atoms with Gasteiger partial charge >= 0.3 is 0 Å². The first-order valence-electron chi connectivity index (χ1n) is 4.58. The maximum Gasteiger partial charge on any atom is 0.183 e. The molecule has 0 amide bonds. The standard InChI is InChI=1S/C11H8Br3NO/c12-7-2-1-3-8(4-7)15-6-9-5-10(13)11(14)16-9/h1-5,15H,6H2. The van der Waals surface area contributed by atoms with Crippen LogP contribution in [0.5, 0.6) is 0 Å². The molecule has 16 heavy (non-hydrogen) atoms. The Morgan fingerprint density at radius 2 is 1.94 bits per heavy atom. The van der Waals surface area contributed by atoms with E-state index < -0.39 is 0 Å². The molecule has 0 saturated heterocycles. The highest BCUT2D eigenvalue weighted by Gasteiger charge is 2.05. The monoisotopic (exact) mass is 407 g/mol. The molecule has 0 saturated carbocycles. The van der Waals surface area contributed by atoms with Crippen molar-refractivity contribution in [3.8, 4) is 0 Å². The highest BCUT2D eigenvalue weighted by atomic mass is 79.9. The molecule has 0 aliphatic rings. The molecule has 0 bridgehead atoms. The topological polar surface area (TPSA) is 25.2 Å². The molecule has 2 rings (SSSR count). The highest BCUT2D eigenvalue weighted by Crippen LogP contribution is 2.27. The van der Waals surface area contributed by atoms with E-state index in [1.807, 2.05) is 30.3 Å². The normalized spacial score (nSPS) is 10.4. The lowest BCUT2D eigenvalue weighted by molar-refractivity contribution is 0.494. The third-order valence-corrected chi connectivity index (χ3v) is 4.19. The third kappa shape index (κ3) is 3.12. The Bertz CT molecular complexity index is 476. The second kappa shape index (κ2) is 5.38. The first-order chi connectivity index (χ1) is 7.65. The van der Waals surface area contributed by atoms with E-state index in [-0.39, 0.29) is 0 Å². The average molecular weight is 410 g/mol. The summed E-state index contributed by atoms with van der Waals surface area (Å²) in [5, 5.41) is 3.28. The molecule has 0 aliphatic heterocycles. The van der Waals surface area contributed by atoms with Crippen LogP contribution in [0.4, 0.5) is 5.69 Å². The fourth-order valence-corrected chi connectivity index (χ4v) is 2.32. The molecule has 0 atom stereocenters. The van der Waals surface area contributed by atoms with E-state index in [0.29, 0.717) is 6.54 Å². The summed E-state index contributed by atoms with van der Waals surface area (Å²) in [5.74, 6) is 0.874. The Morgan fingerprint density at radius 1 is 1.12 bits per heavy atom. The van der Waals surface area contributed by atoms with E-state index in [1.165, 1.54) is 0 Å². The van der Waals surface area contributed by atoms with Crippen LogP contribution >= 0.6 is 47.8 Å². The molecule has 1 heterocycles. The molecule has 5 heteroatoms. The largest absolute Gasteiger partial charge is 0.451 e. The van der Waals surface area contributed by atoms with Gasteiger partial charge in [0.2, 0.25) is 0 Å². The first-order valence-corrected chi connectivity index (χ1v) is 6.96. The predicted molar refractivity (Wildman–Crippen MR) is 75.6 cm³/mol. The van der Waals surface area contributed by atoms with Crippen molar-refractivity contribution in [2.24, 2.45) is 0 Å². The molecule has 2 aromatic rings. The second-order valence-corrected chi connectivity index (χ2v) is 5.69. The van der Waals surface area contributed by atoms with Crippen LogP contribution in [-0.4, -0.2) is 0 Å². The Balaban J connectivity index is 2.02. The van der Waals surface area contributed by atoms with Crippen molar-refractivity contribution in [2.75, 3.05) is 5.32 Å². The molecular formula is C11H8Br3NO. The van der Waals surface area contributed by atoms with Crippen LogP contribution in [0.2, 0.25) is 0 Å². The predicted octanol–water partition coefficient (Wildman–Crippen LogP) is 5.18. The molecule has 0 radical (unpaired) electrons. The zero-order valence-electron chi connectivity index (χ0n) is 8.14. The number of furan rings is 1. The van der Waals surface area contributed by atoms with Crippen LogP contribution in [0.15, 0.2) is 48.4 Å². The molecule has 84 valence electrons. The molecule has 2 nitrogen and oxygen atoms in total. The maximum absolute atomic E-state index is 5.46. The van der Waals surface area contributed by atoms with Crippen LogP contribution in [0, 0.1) is 0 Å². The fraction of sp³-hybridized carbons (Fsp3) is 0.0909. The van der Waals surface area contributed by atoms with Gasteiger partial charge in [-0.2, -0.15) is 0 Å². The molecule has 0 fully saturated rings. The Hall–Kier alpha value is -0.260. The van der Waals surface area contributed by atoms with Gasteiger partial charge in [-0.05, 0) is 56.1 Å². The summed E-state index contributed by atoms with van der Waals surface area (Å²) in [5.41, 5.74) is 1.05. The molecule has 0 unspecified atom stereocenters. The molecule has 1 aromatic carbocycles.